The van der Waals surface area contributed by atoms with Crippen LogP contribution < -0.4 is 5.73 Å². The molecular formula is C16H24N2. The van der Waals surface area contributed by atoms with Crippen molar-refractivity contribution in [2.24, 2.45) is 11.1 Å². The van der Waals surface area contributed by atoms with Crippen molar-refractivity contribution in [2.45, 2.75) is 38.1 Å². The van der Waals surface area contributed by atoms with Gasteiger partial charge in [0, 0.05) is 31.6 Å². The van der Waals surface area contributed by atoms with Gasteiger partial charge in [-0.05, 0) is 23.8 Å². The Morgan fingerprint density at radius 3 is 2.56 bits per heavy atom. The summed E-state index contributed by atoms with van der Waals surface area (Å²) in [6, 6.07) is 11.1. The molecule has 98 valence electrons. The first-order chi connectivity index (χ1) is 8.66. The SMILES string of the molecule is CC1(CN2C[C@@H](N)[C@H](c3ccccc3)C2)CCC1. The Morgan fingerprint density at radius 2 is 1.94 bits per heavy atom. The molecule has 2 N–H and O–H groups in total. The van der Waals surface area contributed by atoms with Crippen LogP contribution in [0.5, 0.6) is 0 Å². The molecule has 1 saturated heterocycles. The lowest BCUT2D eigenvalue weighted by molar-refractivity contribution is 0.0973. The molecule has 0 spiro atoms. The van der Waals surface area contributed by atoms with E-state index in [2.05, 4.69) is 42.2 Å². The lowest BCUT2D eigenvalue weighted by atomic mass is 9.70. The molecule has 1 aromatic carbocycles. The number of hydrogen-bond donors (Lipinski definition) is 1. The van der Waals surface area contributed by atoms with Crippen LogP contribution in [-0.2, 0) is 0 Å². The van der Waals surface area contributed by atoms with Crippen LogP contribution in [0.2, 0.25) is 0 Å². The number of benzene rings is 1. The molecule has 2 aliphatic rings. The van der Waals surface area contributed by atoms with Crippen LogP contribution >= 0.6 is 0 Å². The van der Waals surface area contributed by atoms with Gasteiger partial charge >= 0.3 is 0 Å². The highest BCUT2D eigenvalue weighted by Gasteiger charge is 2.38. The molecule has 0 aromatic heterocycles. The summed E-state index contributed by atoms with van der Waals surface area (Å²) in [5.74, 6) is 0.523. The Hall–Kier alpha value is -0.860. The van der Waals surface area contributed by atoms with Crippen molar-refractivity contribution in [3.05, 3.63) is 35.9 Å². The maximum atomic E-state index is 6.34. The first-order valence-electron chi connectivity index (χ1n) is 7.19. The van der Waals surface area contributed by atoms with Gasteiger partial charge in [-0.1, -0.05) is 43.7 Å². The fourth-order valence-electron chi connectivity index (χ4n) is 3.57. The van der Waals surface area contributed by atoms with Gasteiger partial charge in [-0.15, -0.1) is 0 Å². The second-order valence-corrected chi connectivity index (χ2v) is 6.54. The smallest absolute Gasteiger partial charge is 0.0249 e. The average molecular weight is 244 g/mol. The van der Waals surface area contributed by atoms with Gasteiger partial charge in [0.1, 0.15) is 0 Å². The van der Waals surface area contributed by atoms with Gasteiger partial charge < -0.3 is 10.6 Å². The lowest BCUT2D eigenvalue weighted by Gasteiger charge is -2.41. The van der Waals surface area contributed by atoms with E-state index >= 15 is 0 Å². The van der Waals surface area contributed by atoms with E-state index in [0.29, 0.717) is 17.4 Å². The highest BCUT2D eigenvalue weighted by Crippen LogP contribution is 2.42. The van der Waals surface area contributed by atoms with Gasteiger partial charge in [-0.2, -0.15) is 0 Å². The predicted molar refractivity (Wildman–Crippen MR) is 75.6 cm³/mol. The monoisotopic (exact) mass is 244 g/mol. The highest BCUT2D eigenvalue weighted by atomic mass is 15.2. The summed E-state index contributed by atoms with van der Waals surface area (Å²) in [7, 11) is 0. The standard InChI is InChI=1S/C16H24N2/c1-16(8-5-9-16)12-18-10-14(15(17)11-18)13-6-3-2-4-7-13/h2-4,6-7,14-15H,5,8-12,17H2,1H3/t14-,15+/m0/s1. The van der Waals surface area contributed by atoms with E-state index in [4.69, 9.17) is 5.73 Å². The van der Waals surface area contributed by atoms with Gasteiger partial charge in [0.15, 0.2) is 0 Å². The molecule has 18 heavy (non-hydrogen) atoms. The Labute approximate surface area is 110 Å². The fourth-order valence-corrected chi connectivity index (χ4v) is 3.57. The Bertz CT molecular complexity index is 397. The number of likely N-dealkylation sites (tertiary alicyclic amines) is 1. The van der Waals surface area contributed by atoms with E-state index in [9.17, 15) is 0 Å². The van der Waals surface area contributed by atoms with Crippen LogP contribution in [0.1, 0.15) is 37.7 Å². The second kappa shape index (κ2) is 4.67. The van der Waals surface area contributed by atoms with Crippen LogP contribution in [0.3, 0.4) is 0 Å². The topological polar surface area (TPSA) is 29.3 Å². The lowest BCUT2D eigenvalue weighted by Crippen LogP contribution is -2.40. The Morgan fingerprint density at radius 1 is 1.22 bits per heavy atom. The summed E-state index contributed by atoms with van der Waals surface area (Å²) < 4.78 is 0. The van der Waals surface area contributed by atoms with Gasteiger partial charge in [-0.3, -0.25) is 0 Å². The predicted octanol–water partition coefficient (Wildman–Crippen LogP) is 2.60. The average Bonchev–Trinajstić information content (AvgIpc) is 2.69. The van der Waals surface area contributed by atoms with Crippen LogP contribution in [0, 0.1) is 5.41 Å². The summed E-state index contributed by atoms with van der Waals surface area (Å²) >= 11 is 0. The van der Waals surface area contributed by atoms with Gasteiger partial charge in [0.2, 0.25) is 0 Å². The summed E-state index contributed by atoms with van der Waals surface area (Å²) in [5.41, 5.74) is 8.32. The largest absolute Gasteiger partial charge is 0.326 e. The molecule has 1 heterocycles. The molecule has 1 aromatic rings. The molecule has 2 nitrogen and oxygen atoms in total. The molecular weight excluding hydrogens is 220 g/mol. The number of hydrogen-bond acceptors (Lipinski definition) is 2. The van der Waals surface area contributed by atoms with E-state index in [0.717, 1.165) is 13.1 Å². The summed E-state index contributed by atoms with van der Waals surface area (Å²) in [6.45, 7) is 5.87. The van der Waals surface area contributed by atoms with Crippen molar-refractivity contribution in [3.8, 4) is 0 Å². The summed E-state index contributed by atoms with van der Waals surface area (Å²) in [6.07, 6.45) is 4.21. The molecule has 0 radical (unpaired) electrons. The molecule has 1 aliphatic carbocycles. The van der Waals surface area contributed by atoms with E-state index in [-0.39, 0.29) is 0 Å². The third kappa shape index (κ3) is 2.32. The minimum atomic E-state index is 0.302. The second-order valence-electron chi connectivity index (χ2n) is 6.54. The minimum absolute atomic E-state index is 0.302. The maximum Gasteiger partial charge on any atom is 0.0249 e. The van der Waals surface area contributed by atoms with Crippen LogP contribution in [-0.4, -0.2) is 30.6 Å². The van der Waals surface area contributed by atoms with Crippen molar-refractivity contribution in [1.29, 1.82) is 0 Å². The molecule has 0 unspecified atom stereocenters. The molecule has 1 aliphatic heterocycles. The zero-order valence-electron chi connectivity index (χ0n) is 11.3. The number of nitrogens with two attached hydrogens (primary N) is 1. The molecule has 2 atom stereocenters. The van der Waals surface area contributed by atoms with E-state index in [1.54, 1.807) is 0 Å². The first kappa shape index (κ1) is 12.2. The third-order valence-corrected chi connectivity index (χ3v) is 4.83. The van der Waals surface area contributed by atoms with Crippen molar-refractivity contribution >= 4 is 0 Å². The van der Waals surface area contributed by atoms with Crippen LogP contribution in [0.25, 0.3) is 0 Å². The zero-order chi connectivity index (χ0) is 12.6. The van der Waals surface area contributed by atoms with Crippen LogP contribution in [0.4, 0.5) is 0 Å². The molecule has 0 amide bonds. The third-order valence-electron chi connectivity index (χ3n) is 4.83. The van der Waals surface area contributed by atoms with Crippen LogP contribution in [0.15, 0.2) is 30.3 Å². The molecule has 3 rings (SSSR count). The number of rotatable bonds is 3. The van der Waals surface area contributed by atoms with Crippen molar-refractivity contribution in [3.63, 3.8) is 0 Å². The van der Waals surface area contributed by atoms with Crippen molar-refractivity contribution in [2.75, 3.05) is 19.6 Å². The first-order valence-corrected chi connectivity index (χ1v) is 7.19. The Balaban J connectivity index is 1.65. The maximum absolute atomic E-state index is 6.34. The molecule has 2 heteroatoms. The van der Waals surface area contributed by atoms with E-state index in [1.807, 2.05) is 0 Å². The van der Waals surface area contributed by atoms with E-state index < -0.39 is 0 Å². The summed E-state index contributed by atoms with van der Waals surface area (Å²) in [4.78, 5) is 2.58. The normalized spacial score (nSPS) is 31.2. The Kier molecular flexibility index (Phi) is 3.16. The summed E-state index contributed by atoms with van der Waals surface area (Å²) in [5, 5.41) is 0. The van der Waals surface area contributed by atoms with Crippen molar-refractivity contribution in [1.82, 2.24) is 4.90 Å². The van der Waals surface area contributed by atoms with Crippen molar-refractivity contribution < 1.29 is 0 Å². The molecule has 1 saturated carbocycles. The number of nitrogens with zero attached hydrogens (tertiary/aromatic N) is 1. The minimum Gasteiger partial charge on any atom is -0.326 e. The quantitative estimate of drug-likeness (QED) is 0.885. The van der Waals surface area contributed by atoms with Gasteiger partial charge in [0.05, 0.1) is 0 Å². The van der Waals surface area contributed by atoms with Gasteiger partial charge in [0.25, 0.3) is 0 Å². The molecule has 0 bridgehead atoms. The van der Waals surface area contributed by atoms with Gasteiger partial charge in [-0.25, -0.2) is 0 Å². The zero-order valence-corrected chi connectivity index (χ0v) is 11.3. The molecule has 2 fully saturated rings. The van der Waals surface area contributed by atoms with E-state index in [1.165, 1.54) is 31.4 Å². The fraction of sp³-hybridized carbons (Fsp3) is 0.625. The highest BCUT2D eigenvalue weighted by molar-refractivity contribution is 5.23.